The molecule has 3 rings (SSSR count). The zero-order valence-corrected chi connectivity index (χ0v) is 17.0. The molecule has 1 fully saturated rings. The van der Waals surface area contributed by atoms with Crippen LogP contribution in [0.4, 0.5) is 0 Å². The van der Waals surface area contributed by atoms with E-state index >= 15 is 0 Å². The van der Waals surface area contributed by atoms with Gasteiger partial charge in [0.15, 0.2) is 0 Å². The maximum Gasteiger partial charge on any atom is 0.230 e. The predicted molar refractivity (Wildman–Crippen MR) is 109 cm³/mol. The summed E-state index contributed by atoms with van der Waals surface area (Å²) < 4.78 is 5.47. The van der Waals surface area contributed by atoms with E-state index in [4.69, 9.17) is 4.74 Å². The highest BCUT2D eigenvalue weighted by atomic mass is 32.2. The van der Waals surface area contributed by atoms with Gasteiger partial charge in [-0.1, -0.05) is 23.8 Å². The number of nitrogens with zero attached hydrogens (tertiary/aromatic N) is 1. The minimum absolute atomic E-state index is 0.0886. The quantitative estimate of drug-likeness (QED) is 0.733. The first-order chi connectivity index (χ1) is 12.6. The molecule has 1 N–H and O–H groups in total. The normalized spacial score (nSPS) is 16.4. The summed E-state index contributed by atoms with van der Waals surface area (Å²) in [4.78, 5) is 17.3. The van der Waals surface area contributed by atoms with Crippen LogP contribution in [0.3, 0.4) is 0 Å². The number of amides is 1. The Morgan fingerprint density at radius 1 is 1.31 bits per heavy atom. The lowest BCUT2D eigenvalue weighted by Gasteiger charge is -2.34. The third-order valence-corrected chi connectivity index (χ3v) is 6.68. The molecule has 0 radical (unpaired) electrons. The molecule has 1 aromatic heterocycles. The lowest BCUT2D eigenvalue weighted by atomic mass is 10.2. The lowest BCUT2D eigenvalue weighted by Crippen LogP contribution is -2.43. The van der Waals surface area contributed by atoms with E-state index in [9.17, 15) is 4.79 Å². The molecule has 0 aliphatic carbocycles. The van der Waals surface area contributed by atoms with E-state index in [-0.39, 0.29) is 11.9 Å². The molecule has 0 bridgehead atoms. The number of nitrogens with one attached hydrogen (secondary N) is 1. The van der Waals surface area contributed by atoms with Crippen molar-refractivity contribution in [2.24, 2.45) is 0 Å². The van der Waals surface area contributed by atoms with E-state index < -0.39 is 0 Å². The van der Waals surface area contributed by atoms with Crippen molar-refractivity contribution in [2.45, 2.75) is 24.8 Å². The smallest absolute Gasteiger partial charge is 0.230 e. The number of carbonyl (C=O) groups is 1. The first-order valence-electron chi connectivity index (χ1n) is 8.95. The number of benzene rings is 1. The highest BCUT2D eigenvalue weighted by Gasteiger charge is 2.23. The molecule has 140 valence electrons. The van der Waals surface area contributed by atoms with Gasteiger partial charge >= 0.3 is 0 Å². The van der Waals surface area contributed by atoms with Crippen LogP contribution in [0.5, 0.6) is 0 Å². The van der Waals surface area contributed by atoms with Crippen molar-refractivity contribution in [1.82, 2.24) is 10.2 Å². The van der Waals surface area contributed by atoms with Crippen molar-refractivity contribution >= 4 is 29.0 Å². The third kappa shape index (κ3) is 5.33. The van der Waals surface area contributed by atoms with E-state index in [0.29, 0.717) is 12.3 Å². The summed E-state index contributed by atoms with van der Waals surface area (Å²) in [6, 6.07) is 10.8. The predicted octanol–water partition coefficient (Wildman–Crippen LogP) is 3.65. The Morgan fingerprint density at radius 2 is 2.12 bits per heavy atom. The van der Waals surface area contributed by atoms with E-state index in [2.05, 4.69) is 59.8 Å². The Balaban J connectivity index is 1.54. The maximum atomic E-state index is 12.4. The molecule has 0 saturated carbocycles. The molecule has 1 amide bonds. The fraction of sp³-hybridized carbons (Fsp3) is 0.450. The molecule has 6 heteroatoms. The number of aryl methyl sites for hydroxylation is 2. The minimum atomic E-state index is 0.0886. The van der Waals surface area contributed by atoms with Crippen LogP contribution in [-0.4, -0.2) is 49.4 Å². The third-order valence-electron chi connectivity index (χ3n) is 4.55. The van der Waals surface area contributed by atoms with Crippen LogP contribution in [-0.2, 0) is 9.53 Å². The van der Waals surface area contributed by atoms with Crippen LogP contribution in [0.15, 0.2) is 40.6 Å². The van der Waals surface area contributed by atoms with Gasteiger partial charge in [-0.25, -0.2) is 0 Å². The van der Waals surface area contributed by atoms with Crippen LogP contribution in [0.25, 0.3) is 0 Å². The molecule has 4 nitrogen and oxygen atoms in total. The molecular weight excluding hydrogens is 364 g/mol. The van der Waals surface area contributed by atoms with E-state index in [1.54, 1.807) is 23.1 Å². The van der Waals surface area contributed by atoms with Crippen molar-refractivity contribution in [3.05, 3.63) is 51.7 Å². The largest absolute Gasteiger partial charge is 0.379 e. The standard InChI is InChI=1S/C20H26N2O2S2/c1-15-5-6-16(2)19(12-15)26-14-20(23)21-13-17(18-4-3-11-25-18)22-7-9-24-10-8-22/h3-6,11-12,17H,7-10,13-14H2,1-2H3,(H,21,23)/t17-/m1/s1. The average molecular weight is 391 g/mol. The van der Waals surface area contributed by atoms with E-state index in [0.717, 1.165) is 26.3 Å². The fourth-order valence-electron chi connectivity index (χ4n) is 3.05. The Hall–Kier alpha value is -1.34. The van der Waals surface area contributed by atoms with Crippen LogP contribution in [0, 0.1) is 13.8 Å². The number of hydrogen-bond acceptors (Lipinski definition) is 5. The van der Waals surface area contributed by atoms with Gasteiger partial charge in [-0.05, 0) is 36.9 Å². The van der Waals surface area contributed by atoms with Gasteiger partial charge < -0.3 is 10.1 Å². The number of hydrogen-bond donors (Lipinski definition) is 1. The van der Waals surface area contributed by atoms with Crippen LogP contribution >= 0.6 is 23.1 Å². The second kappa shape index (κ2) is 9.55. The Morgan fingerprint density at radius 3 is 2.85 bits per heavy atom. The van der Waals surface area contributed by atoms with Gasteiger partial charge in [0, 0.05) is 29.4 Å². The van der Waals surface area contributed by atoms with Gasteiger partial charge in [-0.15, -0.1) is 23.1 Å². The Labute approximate surface area is 163 Å². The molecule has 1 atom stereocenters. The van der Waals surface area contributed by atoms with Gasteiger partial charge in [-0.3, -0.25) is 9.69 Å². The average Bonchev–Trinajstić information content (AvgIpc) is 3.18. The lowest BCUT2D eigenvalue weighted by molar-refractivity contribution is -0.118. The number of carbonyl (C=O) groups excluding carboxylic acids is 1. The number of thioether (sulfide) groups is 1. The Kier molecular flexibility index (Phi) is 7.14. The summed E-state index contributed by atoms with van der Waals surface area (Å²) in [7, 11) is 0. The maximum absolute atomic E-state index is 12.4. The first kappa shape index (κ1) is 19.4. The highest BCUT2D eigenvalue weighted by molar-refractivity contribution is 8.00. The molecule has 1 saturated heterocycles. The number of rotatable bonds is 7. The molecule has 2 heterocycles. The molecule has 1 aliphatic heterocycles. The van der Waals surface area contributed by atoms with Gasteiger partial charge in [0.2, 0.25) is 5.91 Å². The van der Waals surface area contributed by atoms with Gasteiger partial charge in [0.25, 0.3) is 0 Å². The molecule has 1 aliphatic rings. The summed E-state index contributed by atoms with van der Waals surface area (Å²) in [5.74, 6) is 0.538. The topological polar surface area (TPSA) is 41.6 Å². The van der Waals surface area contributed by atoms with Crippen LogP contribution < -0.4 is 5.32 Å². The van der Waals surface area contributed by atoms with Gasteiger partial charge in [0.1, 0.15) is 0 Å². The van der Waals surface area contributed by atoms with Crippen molar-refractivity contribution < 1.29 is 9.53 Å². The van der Waals surface area contributed by atoms with Crippen LogP contribution in [0.2, 0.25) is 0 Å². The number of ether oxygens (including phenoxy) is 1. The molecule has 0 unspecified atom stereocenters. The monoisotopic (exact) mass is 390 g/mol. The van der Waals surface area contributed by atoms with Gasteiger partial charge in [-0.2, -0.15) is 0 Å². The SMILES string of the molecule is Cc1ccc(C)c(SCC(=O)NC[C@H](c2cccs2)N2CCOCC2)c1. The van der Waals surface area contributed by atoms with Crippen LogP contribution in [0.1, 0.15) is 22.0 Å². The molecular formula is C20H26N2O2S2. The highest BCUT2D eigenvalue weighted by Crippen LogP contribution is 2.26. The molecule has 0 spiro atoms. The molecule has 2 aromatic rings. The molecule has 1 aromatic carbocycles. The fourth-order valence-corrected chi connectivity index (χ4v) is 4.86. The van der Waals surface area contributed by atoms with Crippen molar-refractivity contribution in [2.75, 3.05) is 38.6 Å². The second-order valence-corrected chi connectivity index (χ2v) is 8.54. The summed E-state index contributed by atoms with van der Waals surface area (Å²) in [6.07, 6.45) is 0. The van der Waals surface area contributed by atoms with E-state index in [1.165, 1.54) is 20.9 Å². The minimum Gasteiger partial charge on any atom is -0.379 e. The van der Waals surface area contributed by atoms with Crippen molar-refractivity contribution in [3.8, 4) is 0 Å². The van der Waals surface area contributed by atoms with Crippen molar-refractivity contribution in [1.29, 1.82) is 0 Å². The summed E-state index contributed by atoms with van der Waals surface area (Å²) in [5.41, 5.74) is 2.45. The zero-order valence-electron chi connectivity index (χ0n) is 15.4. The first-order valence-corrected chi connectivity index (χ1v) is 10.8. The zero-order chi connectivity index (χ0) is 18.4. The summed E-state index contributed by atoms with van der Waals surface area (Å²) in [6.45, 7) is 8.16. The van der Waals surface area contributed by atoms with E-state index in [1.807, 2.05) is 0 Å². The second-order valence-electron chi connectivity index (χ2n) is 6.54. The van der Waals surface area contributed by atoms with Crippen molar-refractivity contribution in [3.63, 3.8) is 0 Å². The Bertz CT molecular complexity index is 713. The summed E-state index contributed by atoms with van der Waals surface area (Å²) >= 11 is 3.36. The number of thiophene rings is 1. The van der Waals surface area contributed by atoms with Gasteiger partial charge in [0.05, 0.1) is 25.0 Å². The summed E-state index contributed by atoms with van der Waals surface area (Å²) in [5, 5.41) is 5.24. The molecule has 26 heavy (non-hydrogen) atoms. The number of morpholine rings is 1.